The van der Waals surface area contributed by atoms with Crippen LogP contribution in [-0.2, 0) is 13.0 Å². The molecule has 0 spiro atoms. The van der Waals surface area contributed by atoms with E-state index in [9.17, 15) is 4.79 Å². The molecule has 3 aliphatic rings. The minimum Gasteiger partial charge on any atom is -0.342 e. The molecule has 1 atom stereocenters. The fraction of sp³-hybridized carbons (Fsp3) is 0.407. The standard InChI is InChI=1S/C27H32N8O/c1-26(2)10-7-22(28)35(26)23(29)18-6-4-9-27(3,15-18)33-24(36)21-14-20-17-34(13-8-19(20)16-32-21)25-30-11-5-12-31-25/h4-6,9,11-12,14,16,28-29H,7-8,10,13,15,17H2,1-3H3,(H,33,36). The molecule has 0 aromatic carbocycles. The summed E-state index contributed by atoms with van der Waals surface area (Å²) in [7, 11) is 0. The number of nitrogens with zero attached hydrogens (tertiary/aromatic N) is 5. The highest BCUT2D eigenvalue weighted by molar-refractivity contribution is 6.09. The third-order valence-corrected chi connectivity index (χ3v) is 7.26. The Morgan fingerprint density at radius 1 is 1.11 bits per heavy atom. The van der Waals surface area contributed by atoms with E-state index in [4.69, 9.17) is 10.8 Å². The van der Waals surface area contributed by atoms with Crippen LogP contribution in [0.5, 0.6) is 0 Å². The average Bonchev–Trinajstić information content (AvgIpc) is 3.15. The maximum absolute atomic E-state index is 13.3. The maximum atomic E-state index is 13.3. The molecule has 3 N–H and O–H groups in total. The highest BCUT2D eigenvalue weighted by Gasteiger charge is 2.40. The minimum atomic E-state index is -0.666. The zero-order valence-corrected chi connectivity index (χ0v) is 21.0. The Morgan fingerprint density at radius 2 is 1.89 bits per heavy atom. The first-order valence-corrected chi connectivity index (χ1v) is 12.3. The van der Waals surface area contributed by atoms with E-state index in [0.29, 0.717) is 42.7 Å². The molecule has 0 radical (unpaired) electrons. The van der Waals surface area contributed by atoms with Crippen molar-refractivity contribution < 1.29 is 4.79 Å². The summed E-state index contributed by atoms with van der Waals surface area (Å²) in [4.78, 5) is 30.4. The van der Waals surface area contributed by atoms with Gasteiger partial charge in [-0.2, -0.15) is 0 Å². The monoisotopic (exact) mass is 484 g/mol. The van der Waals surface area contributed by atoms with Crippen molar-refractivity contribution in [2.45, 2.75) is 64.1 Å². The van der Waals surface area contributed by atoms with Crippen molar-refractivity contribution >= 4 is 23.5 Å². The molecule has 36 heavy (non-hydrogen) atoms. The zero-order valence-electron chi connectivity index (χ0n) is 21.0. The molecular weight excluding hydrogens is 452 g/mol. The number of nitrogens with one attached hydrogen (secondary N) is 3. The number of pyridine rings is 1. The predicted molar refractivity (Wildman–Crippen MR) is 139 cm³/mol. The van der Waals surface area contributed by atoms with Crippen LogP contribution in [-0.4, -0.2) is 55.1 Å². The number of allylic oxidation sites excluding steroid dienone is 2. The number of hydrogen-bond acceptors (Lipinski definition) is 7. The van der Waals surface area contributed by atoms with Gasteiger partial charge in [-0.1, -0.05) is 18.2 Å². The SMILES string of the molecule is CC1(NC(=O)c2cc3c(cn2)CCN(c2ncccn2)C3)C=CC=C(C(=N)N2C(=N)CCC2(C)C)C1. The van der Waals surface area contributed by atoms with Gasteiger partial charge in [-0.3, -0.25) is 20.6 Å². The molecule has 0 bridgehead atoms. The Morgan fingerprint density at radius 3 is 2.61 bits per heavy atom. The van der Waals surface area contributed by atoms with E-state index < -0.39 is 5.54 Å². The molecule has 1 aliphatic carbocycles. The summed E-state index contributed by atoms with van der Waals surface area (Å²) in [6.07, 6.45) is 13.8. The first-order chi connectivity index (χ1) is 17.2. The van der Waals surface area contributed by atoms with Gasteiger partial charge in [0.2, 0.25) is 5.95 Å². The number of carbonyl (C=O) groups excluding carboxylic acids is 1. The van der Waals surface area contributed by atoms with Crippen molar-refractivity contribution in [1.82, 2.24) is 25.2 Å². The summed E-state index contributed by atoms with van der Waals surface area (Å²) in [6, 6.07) is 3.66. The van der Waals surface area contributed by atoms with Gasteiger partial charge >= 0.3 is 0 Å². The van der Waals surface area contributed by atoms with E-state index in [0.717, 1.165) is 36.1 Å². The number of aromatic nitrogens is 3. The van der Waals surface area contributed by atoms with Crippen molar-refractivity contribution in [2.24, 2.45) is 0 Å². The fourth-order valence-electron chi connectivity index (χ4n) is 5.24. The topological polar surface area (TPSA) is 122 Å². The lowest BCUT2D eigenvalue weighted by atomic mass is 9.86. The molecule has 1 amide bonds. The second kappa shape index (κ2) is 8.96. The molecule has 0 saturated carbocycles. The van der Waals surface area contributed by atoms with E-state index in [1.807, 2.05) is 36.1 Å². The summed E-state index contributed by atoms with van der Waals surface area (Å²) in [6.45, 7) is 7.52. The molecule has 1 fully saturated rings. The molecule has 5 rings (SSSR count). The lowest BCUT2D eigenvalue weighted by Crippen LogP contribution is -2.49. The highest BCUT2D eigenvalue weighted by atomic mass is 16.2. The smallest absolute Gasteiger partial charge is 0.270 e. The number of anilines is 1. The van der Waals surface area contributed by atoms with Crippen molar-refractivity contribution in [2.75, 3.05) is 11.4 Å². The average molecular weight is 485 g/mol. The lowest BCUT2D eigenvalue weighted by Gasteiger charge is -2.37. The minimum absolute atomic E-state index is 0.250. The van der Waals surface area contributed by atoms with Gasteiger partial charge in [0.25, 0.3) is 5.91 Å². The van der Waals surface area contributed by atoms with Crippen molar-refractivity contribution in [1.29, 1.82) is 10.8 Å². The van der Waals surface area contributed by atoms with Crippen LogP contribution < -0.4 is 10.2 Å². The fourth-order valence-corrected chi connectivity index (χ4v) is 5.24. The largest absolute Gasteiger partial charge is 0.342 e. The molecule has 1 saturated heterocycles. The molecule has 2 aromatic rings. The van der Waals surface area contributed by atoms with Gasteiger partial charge in [0.1, 0.15) is 17.4 Å². The Hall–Kier alpha value is -3.88. The number of amides is 1. The van der Waals surface area contributed by atoms with Crippen LogP contribution in [0.1, 0.15) is 61.6 Å². The Labute approximate surface area is 211 Å². The third-order valence-electron chi connectivity index (χ3n) is 7.26. The summed E-state index contributed by atoms with van der Waals surface area (Å²) in [5.74, 6) is 1.24. The predicted octanol–water partition coefficient (Wildman–Crippen LogP) is 3.64. The van der Waals surface area contributed by atoms with Crippen LogP contribution in [0.2, 0.25) is 0 Å². The number of rotatable bonds is 4. The van der Waals surface area contributed by atoms with E-state index >= 15 is 0 Å². The first kappa shape index (κ1) is 23.8. The number of carbonyl (C=O) groups is 1. The van der Waals surface area contributed by atoms with Gasteiger partial charge in [0, 0.05) is 50.1 Å². The van der Waals surface area contributed by atoms with Crippen LogP contribution in [0.3, 0.4) is 0 Å². The van der Waals surface area contributed by atoms with Crippen LogP contribution in [0.4, 0.5) is 5.95 Å². The molecule has 186 valence electrons. The zero-order chi connectivity index (χ0) is 25.5. The van der Waals surface area contributed by atoms with Crippen molar-refractivity contribution in [3.05, 3.63) is 71.3 Å². The lowest BCUT2D eigenvalue weighted by molar-refractivity contribution is 0.0916. The second-order valence-corrected chi connectivity index (χ2v) is 10.6. The molecule has 1 unspecified atom stereocenters. The normalized spacial score (nSPS) is 22.8. The summed E-state index contributed by atoms with van der Waals surface area (Å²) < 4.78 is 0. The van der Waals surface area contributed by atoms with E-state index in [1.54, 1.807) is 24.7 Å². The van der Waals surface area contributed by atoms with Gasteiger partial charge in [0.15, 0.2) is 0 Å². The van der Waals surface area contributed by atoms with Crippen LogP contribution in [0.25, 0.3) is 0 Å². The van der Waals surface area contributed by atoms with Gasteiger partial charge in [-0.05, 0) is 62.4 Å². The summed E-state index contributed by atoms with van der Waals surface area (Å²) in [5, 5.41) is 20.3. The number of fused-ring (bicyclic) bond motifs is 1. The third kappa shape index (κ3) is 4.53. The summed E-state index contributed by atoms with van der Waals surface area (Å²) >= 11 is 0. The van der Waals surface area contributed by atoms with Crippen LogP contribution >= 0.6 is 0 Å². The number of likely N-dealkylation sites (tertiary alicyclic amines) is 1. The quantitative estimate of drug-likeness (QED) is 0.450. The molecule has 2 aliphatic heterocycles. The molecule has 2 aromatic heterocycles. The Kier molecular flexibility index (Phi) is 5.94. The number of hydrogen-bond donors (Lipinski definition) is 3. The molecular formula is C27H32N8O. The van der Waals surface area contributed by atoms with Crippen LogP contribution in [0.15, 0.2) is 54.5 Å². The van der Waals surface area contributed by atoms with E-state index in [2.05, 4.69) is 39.0 Å². The van der Waals surface area contributed by atoms with Crippen LogP contribution in [0, 0.1) is 10.8 Å². The Balaban J connectivity index is 1.29. The van der Waals surface area contributed by atoms with Gasteiger partial charge < -0.3 is 15.1 Å². The van der Waals surface area contributed by atoms with Gasteiger partial charge in [-0.15, -0.1) is 0 Å². The molecule has 9 heteroatoms. The first-order valence-electron chi connectivity index (χ1n) is 12.3. The van der Waals surface area contributed by atoms with E-state index in [-0.39, 0.29) is 11.4 Å². The van der Waals surface area contributed by atoms with Gasteiger partial charge in [-0.25, -0.2) is 9.97 Å². The number of amidine groups is 2. The molecule has 9 nitrogen and oxygen atoms in total. The van der Waals surface area contributed by atoms with Crippen molar-refractivity contribution in [3.8, 4) is 0 Å². The van der Waals surface area contributed by atoms with Gasteiger partial charge in [0.05, 0.1) is 5.54 Å². The van der Waals surface area contributed by atoms with Crippen molar-refractivity contribution in [3.63, 3.8) is 0 Å². The van der Waals surface area contributed by atoms with E-state index in [1.165, 1.54) is 0 Å². The Bertz CT molecular complexity index is 1280. The maximum Gasteiger partial charge on any atom is 0.270 e. The molecule has 4 heterocycles. The summed E-state index contributed by atoms with van der Waals surface area (Å²) in [5.41, 5.74) is 2.43. The highest BCUT2D eigenvalue weighted by Crippen LogP contribution is 2.34. The second-order valence-electron chi connectivity index (χ2n) is 10.6.